The van der Waals surface area contributed by atoms with Gasteiger partial charge in [0.15, 0.2) is 0 Å². The van der Waals surface area contributed by atoms with Gasteiger partial charge in [-0.15, -0.1) is 11.8 Å². The van der Waals surface area contributed by atoms with E-state index in [4.69, 9.17) is 9.84 Å². The molecule has 1 fully saturated rings. The highest BCUT2D eigenvalue weighted by Gasteiger charge is 2.23. The predicted molar refractivity (Wildman–Crippen MR) is 57.0 cm³/mol. The van der Waals surface area contributed by atoms with Crippen LogP contribution in [0.1, 0.15) is 6.92 Å². The summed E-state index contributed by atoms with van der Waals surface area (Å²) in [6, 6.07) is 0.0941. The summed E-state index contributed by atoms with van der Waals surface area (Å²) < 4.78 is 5.21. The van der Waals surface area contributed by atoms with E-state index >= 15 is 0 Å². The highest BCUT2D eigenvalue weighted by Crippen LogP contribution is 2.09. The van der Waals surface area contributed by atoms with Gasteiger partial charge in [-0.3, -0.25) is 9.59 Å². The molecule has 5 nitrogen and oxygen atoms in total. The Morgan fingerprint density at radius 3 is 2.87 bits per heavy atom. The molecule has 86 valence electrons. The normalized spacial score (nSPS) is 21.4. The maximum absolute atomic E-state index is 11.6. The molecule has 15 heavy (non-hydrogen) atoms. The van der Waals surface area contributed by atoms with Gasteiger partial charge in [0.2, 0.25) is 5.91 Å². The van der Waals surface area contributed by atoms with Crippen LogP contribution in [0.25, 0.3) is 0 Å². The molecule has 1 unspecified atom stereocenters. The zero-order valence-electron chi connectivity index (χ0n) is 8.64. The topological polar surface area (TPSA) is 66.8 Å². The lowest BCUT2D eigenvalue weighted by molar-refractivity contribution is -0.136. The van der Waals surface area contributed by atoms with Crippen molar-refractivity contribution in [2.75, 3.05) is 31.3 Å². The Labute approximate surface area is 92.8 Å². The number of carboxylic acid groups (broad SMARTS) is 1. The third-order valence-corrected chi connectivity index (χ3v) is 3.04. The first-order chi connectivity index (χ1) is 7.11. The molecule has 0 aliphatic carbocycles. The van der Waals surface area contributed by atoms with Crippen molar-refractivity contribution >= 4 is 23.6 Å². The summed E-state index contributed by atoms with van der Waals surface area (Å²) in [4.78, 5) is 23.7. The van der Waals surface area contributed by atoms with E-state index < -0.39 is 5.97 Å². The van der Waals surface area contributed by atoms with E-state index in [-0.39, 0.29) is 23.5 Å². The Bertz CT molecular complexity index is 246. The Morgan fingerprint density at radius 1 is 1.53 bits per heavy atom. The molecule has 0 aromatic heterocycles. The molecule has 0 spiro atoms. The van der Waals surface area contributed by atoms with Crippen molar-refractivity contribution in [3.05, 3.63) is 0 Å². The number of hydrogen-bond acceptors (Lipinski definition) is 4. The van der Waals surface area contributed by atoms with E-state index in [1.54, 1.807) is 4.90 Å². The number of thioether (sulfide) groups is 1. The van der Waals surface area contributed by atoms with E-state index in [9.17, 15) is 9.59 Å². The second-order valence-electron chi connectivity index (χ2n) is 3.40. The fraction of sp³-hybridized carbons (Fsp3) is 0.778. The van der Waals surface area contributed by atoms with Crippen LogP contribution >= 0.6 is 11.8 Å². The van der Waals surface area contributed by atoms with Crippen LogP contribution in [0.15, 0.2) is 0 Å². The van der Waals surface area contributed by atoms with Gasteiger partial charge in [0.1, 0.15) is 0 Å². The van der Waals surface area contributed by atoms with Gasteiger partial charge in [0.25, 0.3) is 0 Å². The lowest BCUT2D eigenvalue weighted by Crippen LogP contribution is -2.47. The van der Waals surface area contributed by atoms with Crippen LogP contribution in [0, 0.1) is 0 Å². The largest absolute Gasteiger partial charge is 0.481 e. The summed E-state index contributed by atoms with van der Waals surface area (Å²) in [6.45, 7) is 3.67. The van der Waals surface area contributed by atoms with E-state index in [2.05, 4.69) is 0 Å². The van der Waals surface area contributed by atoms with Crippen molar-refractivity contribution in [2.45, 2.75) is 13.0 Å². The van der Waals surface area contributed by atoms with Crippen molar-refractivity contribution < 1.29 is 19.4 Å². The fourth-order valence-electron chi connectivity index (χ4n) is 1.41. The van der Waals surface area contributed by atoms with Gasteiger partial charge in [-0.05, 0) is 6.92 Å². The maximum atomic E-state index is 11.6. The molecule has 1 saturated heterocycles. The minimum absolute atomic E-state index is 0.00273. The number of rotatable bonds is 4. The zero-order valence-corrected chi connectivity index (χ0v) is 9.46. The minimum atomic E-state index is -0.886. The number of amides is 1. The molecule has 0 aromatic rings. The average molecular weight is 233 g/mol. The molecule has 1 rings (SSSR count). The second kappa shape index (κ2) is 5.97. The number of nitrogens with zero attached hydrogens (tertiary/aromatic N) is 1. The molecule has 1 amide bonds. The first-order valence-electron chi connectivity index (χ1n) is 4.78. The van der Waals surface area contributed by atoms with E-state index in [1.165, 1.54) is 0 Å². The van der Waals surface area contributed by atoms with Crippen LogP contribution in [0.5, 0.6) is 0 Å². The minimum Gasteiger partial charge on any atom is -0.481 e. The summed E-state index contributed by atoms with van der Waals surface area (Å²) in [5.74, 6) is -0.680. The molecule has 6 heteroatoms. The van der Waals surface area contributed by atoms with Gasteiger partial charge in [-0.1, -0.05) is 0 Å². The van der Waals surface area contributed by atoms with Crippen molar-refractivity contribution in [3.63, 3.8) is 0 Å². The Hall–Kier alpha value is -0.750. The van der Waals surface area contributed by atoms with Crippen LogP contribution in [-0.2, 0) is 14.3 Å². The van der Waals surface area contributed by atoms with Gasteiger partial charge < -0.3 is 14.7 Å². The van der Waals surface area contributed by atoms with E-state index in [0.717, 1.165) is 11.8 Å². The maximum Gasteiger partial charge on any atom is 0.313 e. The molecule has 1 aliphatic rings. The molecular weight excluding hydrogens is 218 g/mol. The summed E-state index contributed by atoms with van der Waals surface area (Å²) in [5, 5.41) is 8.42. The molecule has 1 N–H and O–H groups in total. The Morgan fingerprint density at radius 2 is 2.27 bits per heavy atom. The molecule has 0 aromatic carbocycles. The van der Waals surface area contributed by atoms with Gasteiger partial charge in [0, 0.05) is 6.54 Å². The Balaban J connectivity index is 2.29. The predicted octanol–water partition coefficient (Wildman–Crippen LogP) is 0.0515. The summed E-state index contributed by atoms with van der Waals surface area (Å²) in [5.41, 5.74) is 0. The van der Waals surface area contributed by atoms with Gasteiger partial charge in [-0.25, -0.2) is 0 Å². The standard InChI is InChI=1S/C9H15NO4S/c1-7-4-14-3-2-10(7)8(11)5-15-6-9(12)13/h7H,2-6H2,1H3,(H,12,13). The number of morpholine rings is 1. The van der Waals surface area contributed by atoms with Gasteiger partial charge in [-0.2, -0.15) is 0 Å². The third-order valence-electron chi connectivity index (χ3n) is 2.14. The zero-order chi connectivity index (χ0) is 11.3. The summed E-state index contributed by atoms with van der Waals surface area (Å²) >= 11 is 1.13. The lowest BCUT2D eigenvalue weighted by Gasteiger charge is -2.33. The van der Waals surface area contributed by atoms with Crippen LogP contribution < -0.4 is 0 Å². The summed E-state index contributed by atoms with van der Waals surface area (Å²) in [7, 11) is 0. The highest BCUT2D eigenvalue weighted by atomic mass is 32.2. The van der Waals surface area contributed by atoms with Crippen molar-refractivity contribution in [2.24, 2.45) is 0 Å². The number of aliphatic carboxylic acids is 1. The molecular formula is C9H15NO4S. The third kappa shape index (κ3) is 4.09. The molecule has 1 heterocycles. The summed E-state index contributed by atoms with van der Waals surface area (Å²) in [6.07, 6.45) is 0. The molecule has 1 aliphatic heterocycles. The van der Waals surface area contributed by atoms with E-state index in [0.29, 0.717) is 19.8 Å². The SMILES string of the molecule is CC1COCCN1C(=O)CSCC(=O)O. The first kappa shape index (κ1) is 12.3. The van der Waals surface area contributed by atoms with Crippen molar-refractivity contribution in [1.29, 1.82) is 0 Å². The van der Waals surface area contributed by atoms with Gasteiger partial charge >= 0.3 is 5.97 Å². The number of ether oxygens (including phenoxy) is 1. The second-order valence-corrected chi connectivity index (χ2v) is 4.38. The van der Waals surface area contributed by atoms with Gasteiger partial charge in [0.05, 0.1) is 30.8 Å². The quantitative estimate of drug-likeness (QED) is 0.743. The van der Waals surface area contributed by atoms with Crippen LogP contribution in [-0.4, -0.2) is 59.2 Å². The number of carbonyl (C=O) groups is 2. The lowest BCUT2D eigenvalue weighted by atomic mass is 10.2. The number of carboxylic acids is 1. The first-order valence-corrected chi connectivity index (χ1v) is 5.93. The number of hydrogen-bond donors (Lipinski definition) is 1. The highest BCUT2D eigenvalue weighted by molar-refractivity contribution is 8.00. The van der Waals surface area contributed by atoms with Crippen LogP contribution in [0.4, 0.5) is 0 Å². The van der Waals surface area contributed by atoms with E-state index in [1.807, 2.05) is 6.92 Å². The van der Waals surface area contributed by atoms with Crippen LogP contribution in [0.3, 0.4) is 0 Å². The number of carbonyl (C=O) groups excluding carboxylic acids is 1. The van der Waals surface area contributed by atoms with Crippen molar-refractivity contribution in [1.82, 2.24) is 4.90 Å². The molecule has 0 saturated carbocycles. The fourth-order valence-corrected chi connectivity index (χ4v) is 2.02. The smallest absolute Gasteiger partial charge is 0.313 e. The van der Waals surface area contributed by atoms with Crippen molar-refractivity contribution in [3.8, 4) is 0 Å². The molecule has 0 bridgehead atoms. The average Bonchev–Trinajstić information content (AvgIpc) is 2.17. The molecule has 0 radical (unpaired) electrons. The molecule has 1 atom stereocenters. The Kier molecular flexibility index (Phi) is 4.90. The monoisotopic (exact) mass is 233 g/mol. The van der Waals surface area contributed by atoms with Crippen LogP contribution in [0.2, 0.25) is 0 Å².